The minimum Gasteiger partial charge on any atom is -0.481 e. The van der Waals surface area contributed by atoms with Crippen molar-refractivity contribution in [2.45, 2.75) is 200 Å². The summed E-state index contributed by atoms with van der Waals surface area (Å²) in [4.78, 5) is 35.6. The second kappa shape index (κ2) is 34.6. The quantitative estimate of drug-likeness (QED) is 0.0543. The molecule has 0 fully saturated rings. The highest BCUT2D eigenvalue weighted by Crippen LogP contribution is 2.16. The number of aliphatic carboxylic acids is 1. The molecule has 1 atom stereocenters. The maximum absolute atomic E-state index is 12.4. The van der Waals surface area contributed by atoms with Crippen LogP contribution < -0.4 is 0 Å². The summed E-state index contributed by atoms with van der Waals surface area (Å²) in [6.45, 7) is 4.51. The smallest absolute Gasteiger partial charge is 0.313 e. The first-order valence-corrected chi connectivity index (χ1v) is 19.8. The van der Waals surface area contributed by atoms with Crippen molar-refractivity contribution in [3.63, 3.8) is 0 Å². The molecule has 0 aromatic heterocycles. The van der Waals surface area contributed by atoms with Gasteiger partial charge in [-0.15, -0.1) is 11.8 Å². The summed E-state index contributed by atoms with van der Waals surface area (Å²) < 4.78 is 11.0. The maximum Gasteiger partial charge on any atom is 0.313 e. The zero-order chi connectivity index (χ0) is 32.4. The lowest BCUT2D eigenvalue weighted by Crippen LogP contribution is -2.28. The summed E-state index contributed by atoms with van der Waals surface area (Å²) in [5.41, 5.74) is 0. The van der Waals surface area contributed by atoms with Crippen molar-refractivity contribution in [1.29, 1.82) is 0 Å². The highest BCUT2D eigenvalue weighted by atomic mass is 32.2. The van der Waals surface area contributed by atoms with Gasteiger partial charge in [0.05, 0.1) is 5.75 Å². The van der Waals surface area contributed by atoms with Gasteiger partial charge in [0.15, 0.2) is 0 Å². The van der Waals surface area contributed by atoms with Crippen molar-refractivity contribution in [1.82, 2.24) is 0 Å². The molecule has 0 aliphatic carbocycles. The van der Waals surface area contributed by atoms with Crippen LogP contribution in [0.2, 0.25) is 0 Å². The molecule has 0 amide bonds. The number of ether oxygens (including phenoxy) is 2. The fourth-order valence-electron chi connectivity index (χ4n) is 5.47. The minimum atomic E-state index is -0.911. The largest absolute Gasteiger partial charge is 0.481 e. The van der Waals surface area contributed by atoms with Crippen LogP contribution in [0.1, 0.15) is 194 Å². The number of carbonyl (C=O) groups excluding carboxylic acids is 2. The van der Waals surface area contributed by atoms with E-state index in [0.717, 1.165) is 38.5 Å². The van der Waals surface area contributed by atoms with Gasteiger partial charge in [-0.05, 0) is 12.8 Å². The average molecular weight is 643 g/mol. The lowest BCUT2D eigenvalue weighted by atomic mass is 10.0. The van der Waals surface area contributed by atoms with E-state index in [-0.39, 0.29) is 24.3 Å². The second-order valence-electron chi connectivity index (χ2n) is 12.7. The van der Waals surface area contributed by atoms with Gasteiger partial charge >= 0.3 is 17.9 Å². The maximum atomic E-state index is 12.4. The fourth-order valence-corrected chi connectivity index (χ4v) is 6.19. The van der Waals surface area contributed by atoms with Gasteiger partial charge in [-0.25, -0.2) is 0 Å². The van der Waals surface area contributed by atoms with Gasteiger partial charge in [0.25, 0.3) is 0 Å². The van der Waals surface area contributed by atoms with Crippen molar-refractivity contribution in [2.75, 3.05) is 18.1 Å². The van der Waals surface area contributed by atoms with E-state index in [2.05, 4.69) is 13.8 Å². The Labute approximate surface area is 276 Å². The summed E-state index contributed by atoms with van der Waals surface area (Å²) >= 11 is 1.18. The molecule has 0 radical (unpaired) electrons. The Bertz CT molecular complexity index is 656. The fraction of sp³-hybridized carbons (Fsp3) is 0.919. The molecule has 0 saturated carbocycles. The van der Waals surface area contributed by atoms with Crippen LogP contribution in [0.15, 0.2) is 0 Å². The SMILES string of the molecule is CCCCCCCCCCCCCCCC(=O)OCC(CSCC(=O)O)OC(=O)CCCCCCCCCCCCCCC. The number of unbranched alkanes of at least 4 members (excludes halogenated alkanes) is 24. The number of rotatable bonds is 35. The normalized spacial score (nSPS) is 11.9. The average Bonchev–Trinajstić information content (AvgIpc) is 3.00. The number of hydrogen-bond acceptors (Lipinski definition) is 6. The van der Waals surface area contributed by atoms with E-state index < -0.39 is 12.1 Å². The summed E-state index contributed by atoms with van der Waals surface area (Å²) in [5.74, 6) is -1.23. The van der Waals surface area contributed by atoms with Crippen LogP contribution in [0.25, 0.3) is 0 Å². The Hall–Kier alpha value is -1.24. The molecule has 0 aliphatic heterocycles. The first-order valence-electron chi connectivity index (χ1n) is 18.6. The van der Waals surface area contributed by atoms with Gasteiger partial charge in [0.1, 0.15) is 12.7 Å². The predicted molar refractivity (Wildman–Crippen MR) is 186 cm³/mol. The first-order chi connectivity index (χ1) is 21.5. The van der Waals surface area contributed by atoms with Gasteiger partial charge in [0.2, 0.25) is 0 Å². The van der Waals surface area contributed by atoms with E-state index in [4.69, 9.17) is 14.6 Å². The van der Waals surface area contributed by atoms with Crippen molar-refractivity contribution in [3.05, 3.63) is 0 Å². The monoisotopic (exact) mass is 642 g/mol. The number of thioether (sulfide) groups is 1. The molecule has 1 unspecified atom stereocenters. The molecule has 0 aromatic carbocycles. The number of carboxylic acids is 1. The van der Waals surface area contributed by atoms with E-state index >= 15 is 0 Å². The van der Waals surface area contributed by atoms with E-state index in [1.54, 1.807) is 0 Å². The Morgan fingerprint density at radius 2 is 0.864 bits per heavy atom. The van der Waals surface area contributed by atoms with Crippen LogP contribution in [0.5, 0.6) is 0 Å². The third-order valence-electron chi connectivity index (χ3n) is 8.23. The van der Waals surface area contributed by atoms with Gasteiger partial charge in [-0.1, -0.05) is 168 Å². The lowest BCUT2D eigenvalue weighted by molar-refractivity contribution is -0.157. The molecular weight excluding hydrogens is 572 g/mol. The van der Waals surface area contributed by atoms with Crippen molar-refractivity contribution in [3.8, 4) is 0 Å². The predicted octanol–water partition coefficient (Wildman–Crippen LogP) is 11.2. The molecule has 0 saturated heterocycles. The van der Waals surface area contributed by atoms with Gasteiger partial charge in [0, 0.05) is 18.6 Å². The van der Waals surface area contributed by atoms with E-state index in [1.807, 2.05) is 0 Å². The number of carbonyl (C=O) groups is 3. The lowest BCUT2D eigenvalue weighted by Gasteiger charge is -2.17. The van der Waals surface area contributed by atoms with Crippen LogP contribution in [0, 0.1) is 0 Å². The Morgan fingerprint density at radius 3 is 1.23 bits per heavy atom. The third kappa shape index (κ3) is 33.6. The van der Waals surface area contributed by atoms with Crippen molar-refractivity contribution >= 4 is 29.7 Å². The third-order valence-corrected chi connectivity index (χ3v) is 9.29. The molecule has 0 spiro atoms. The number of hydrogen-bond donors (Lipinski definition) is 1. The molecule has 1 N–H and O–H groups in total. The van der Waals surface area contributed by atoms with Gasteiger partial charge in [-0.2, -0.15) is 0 Å². The zero-order valence-electron chi connectivity index (χ0n) is 28.9. The Kier molecular flexibility index (Phi) is 33.7. The van der Waals surface area contributed by atoms with Crippen LogP contribution in [0.4, 0.5) is 0 Å². The molecule has 260 valence electrons. The highest BCUT2D eigenvalue weighted by molar-refractivity contribution is 7.99. The molecule has 0 heterocycles. The van der Waals surface area contributed by atoms with E-state index in [1.165, 1.54) is 140 Å². The molecule has 0 aromatic rings. The molecule has 7 heteroatoms. The topological polar surface area (TPSA) is 89.9 Å². The number of esters is 2. The summed E-state index contributed by atoms with van der Waals surface area (Å²) in [5, 5.41) is 8.95. The summed E-state index contributed by atoms with van der Waals surface area (Å²) in [6.07, 6.45) is 32.7. The molecular formula is C37H70O6S. The standard InChI is InChI=1S/C37H70O6S/c1-3-5-7-9-11-13-15-17-19-21-23-25-27-29-36(40)42-31-34(32-44-33-35(38)39)43-37(41)30-28-26-24-22-20-18-16-14-12-10-8-6-4-2/h34H,3-33H2,1-2H3,(H,38,39). The highest BCUT2D eigenvalue weighted by Gasteiger charge is 2.18. The first kappa shape index (κ1) is 42.8. The zero-order valence-corrected chi connectivity index (χ0v) is 29.7. The molecule has 6 nitrogen and oxygen atoms in total. The molecule has 0 rings (SSSR count). The summed E-state index contributed by atoms with van der Waals surface area (Å²) in [7, 11) is 0. The van der Waals surface area contributed by atoms with E-state index in [0.29, 0.717) is 18.6 Å². The Balaban J connectivity index is 3.91. The molecule has 44 heavy (non-hydrogen) atoms. The van der Waals surface area contributed by atoms with Gasteiger partial charge in [-0.3, -0.25) is 14.4 Å². The minimum absolute atomic E-state index is 0.00571. The molecule has 0 aliphatic rings. The molecule has 0 bridgehead atoms. The van der Waals surface area contributed by atoms with Crippen LogP contribution in [-0.2, 0) is 23.9 Å². The Morgan fingerprint density at radius 1 is 0.523 bits per heavy atom. The van der Waals surface area contributed by atoms with Crippen LogP contribution in [-0.4, -0.2) is 47.2 Å². The van der Waals surface area contributed by atoms with Crippen molar-refractivity contribution in [2.24, 2.45) is 0 Å². The van der Waals surface area contributed by atoms with Gasteiger partial charge < -0.3 is 14.6 Å². The number of carboxylic acid groups (broad SMARTS) is 1. The second-order valence-corrected chi connectivity index (χ2v) is 13.7. The van der Waals surface area contributed by atoms with Crippen LogP contribution in [0.3, 0.4) is 0 Å². The van der Waals surface area contributed by atoms with E-state index in [9.17, 15) is 14.4 Å². The van der Waals surface area contributed by atoms with Crippen molar-refractivity contribution < 1.29 is 29.0 Å². The summed E-state index contributed by atoms with van der Waals surface area (Å²) in [6, 6.07) is 0. The van der Waals surface area contributed by atoms with Crippen LogP contribution >= 0.6 is 11.8 Å².